The smallest absolute Gasteiger partial charge is 0.326 e. The number of hydrogen-bond acceptors (Lipinski definition) is 5. The van der Waals surface area contributed by atoms with Crippen molar-refractivity contribution in [3.05, 3.63) is 142 Å². The van der Waals surface area contributed by atoms with Gasteiger partial charge in [-0.3, -0.25) is 4.79 Å². The molecule has 2 heterocycles. The van der Waals surface area contributed by atoms with Crippen molar-refractivity contribution in [2.45, 2.75) is 33.6 Å². The van der Waals surface area contributed by atoms with Gasteiger partial charge in [0, 0.05) is 47.7 Å². The Hall–Kier alpha value is -4.83. The molecule has 1 aliphatic rings. The van der Waals surface area contributed by atoms with E-state index < -0.39 is 16.1 Å². The largest absolute Gasteiger partial charge is 0.367 e. The zero-order valence-corrected chi connectivity index (χ0v) is 31.1. The van der Waals surface area contributed by atoms with Crippen LogP contribution >= 0.6 is 23.2 Å². The topological polar surface area (TPSA) is 87.5 Å². The predicted molar refractivity (Wildman–Crippen MR) is 209 cm³/mol. The molecular formula is C40H39Cl2N5O3S. The van der Waals surface area contributed by atoms with Crippen molar-refractivity contribution in [1.82, 2.24) is 14.3 Å². The van der Waals surface area contributed by atoms with Crippen LogP contribution in [0.5, 0.6) is 0 Å². The number of rotatable bonds is 12. The number of nitrogens with one attached hydrogen (secondary N) is 1. The molecule has 1 amide bonds. The second kappa shape index (κ2) is 15.2. The highest BCUT2D eigenvalue weighted by atomic mass is 35.5. The van der Waals surface area contributed by atoms with Gasteiger partial charge in [0.2, 0.25) is 0 Å². The average Bonchev–Trinajstić information content (AvgIpc) is 3.63. The van der Waals surface area contributed by atoms with E-state index in [9.17, 15) is 13.2 Å². The first-order valence-electron chi connectivity index (χ1n) is 16.6. The van der Waals surface area contributed by atoms with Crippen molar-refractivity contribution in [2.24, 2.45) is 0 Å². The van der Waals surface area contributed by atoms with Crippen molar-refractivity contribution in [3.8, 4) is 28.1 Å². The second-order valence-corrected chi connectivity index (χ2v) is 15.4. The Balaban J connectivity index is 1.29. The van der Waals surface area contributed by atoms with Crippen molar-refractivity contribution in [1.29, 1.82) is 0 Å². The minimum Gasteiger partial charge on any atom is -0.367 e. The zero-order valence-electron chi connectivity index (χ0n) is 28.7. The molecule has 8 nitrogen and oxygen atoms in total. The molecule has 0 atom stereocenters. The van der Waals surface area contributed by atoms with Crippen LogP contribution in [0.3, 0.4) is 0 Å². The molecule has 6 rings (SSSR count). The molecule has 1 aliphatic heterocycles. The highest BCUT2D eigenvalue weighted by molar-refractivity contribution is 7.92. The quantitative estimate of drug-likeness (QED) is 0.129. The van der Waals surface area contributed by atoms with E-state index in [0.29, 0.717) is 39.1 Å². The summed E-state index contributed by atoms with van der Waals surface area (Å²) < 4.78 is 30.2. The number of aromatic nitrogens is 2. The Morgan fingerprint density at radius 1 is 0.941 bits per heavy atom. The van der Waals surface area contributed by atoms with Gasteiger partial charge < -0.3 is 9.47 Å². The van der Waals surface area contributed by atoms with Gasteiger partial charge >= 0.3 is 10.2 Å². The number of allylic oxidation sites excluding steroid dienone is 1. The van der Waals surface area contributed by atoms with Crippen LogP contribution in [0.2, 0.25) is 10.0 Å². The Labute approximate surface area is 309 Å². The third-order valence-corrected chi connectivity index (χ3v) is 10.6. The highest BCUT2D eigenvalue weighted by Gasteiger charge is 2.34. The monoisotopic (exact) mass is 739 g/mol. The van der Waals surface area contributed by atoms with Gasteiger partial charge in [0.1, 0.15) is 12.4 Å². The SMILES string of the molecule is C=C(C)CCN(CC=C(C)C)c1ccc(-c2ccc(Cc3nc(-c4ccc(Cl)cc4Cl)cn3-c3cccc(N4CC(=O)NS4(=O)=O)c3)cc2)cc1. The van der Waals surface area contributed by atoms with Crippen LogP contribution in [0.15, 0.2) is 121 Å². The fourth-order valence-corrected chi connectivity index (χ4v) is 7.52. The fourth-order valence-electron chi connectivity index (χ4n) is 5.88. The molecule has 0 radical (unpaired) electrons. The molecule has 51 heavy (non-hydrogen) atoms. The highest BCUT2D eigenvalue weighted by Crippen LogP contribution is 2.33. The van der Waals surface area contributed by atoms with Crippen LogP contribution in [-0.4, -0.2) is 43.5 Å². The van der Waals surface area contributed by atoms with Gasteiger partial charge in [0.15, 0.2) is 0 Å². The molecule has 0 unspecified atom stereocenters. The second-order valence-electron chi connectivity index (χ2n) is 12.9. The molecule has 5 aromatic rings. The van der Waals surface area contributed by atoms with E-state index in [2.05, 4.69) is 86.9 Å². The van der Waals surface area contributed by atoms with Crippen LogP contribution in [0.4, 0.5) is 11.4 Å². The molecule has 1 fully saturated rings. The van der Waals surface area contributed by atoms with Gasteiger partial charge in [0.25, 0.3) is 5.91 Å². The number of nitrogens with zero attached hydrogens (tertiary/aromatic N) is 4. The molecule has 0 saturated carbocycles. The predicted octanol–water partition coefficient (Wildman–Crippen LogP) is 9.02. The summed E-state index contributed by atoms with van der Waals surface area (Å²) in [5.41, 5.74) is 9.29. The number of amides is 1. The lowest BCUT2D eigenvalue weighted by Gasteiger charge is -2.24. The summed E-state index contributed by atoms with van der Waals surface area (Å²) in [6.45, 7) is 11.9. The minimum atomic E-state index is -3.97. The zero-order chi connectivity index (χ0) is 36.3. The number of carbonyl (C=O) groups is 1. The molecule has 11 heteroatoms. The maximum absolute atomic E-state index is 12.6. The third kappa shape index (κ3) is 8.56. The van der Waals surface area contributed by atoms with Crippen LogP contribution < -0.4 is 13.9 Å². The lowest BCUT2D eigenvalue weighted by molar-refractivity contribution is -0.117. The molecule has 4 aromatic carbocycles. The Bertz CT molecular complexity index is 2230. The van der Waals surface area contributed by atoms with Crippen molar-refractivity contribution in [3.63, 3.8) is 0 Å². The average molecular weight is 741 g/mol. The lowest BCUT2D eigenvalue weighted by Crippen LogP contribution is -2.29. The number of hydrogen-bond donors (Lipinski definition) is 1. The first-order valence-corrected chi connectivity index (χ1v) is 18.8. The Morgan fingerprint density at radius 2 is 1.63 bits per heavy atom. The Morgan fingerprint density at radius 3 is 2.25 bits per heavy atom. The molecule has 262 valence electrons. The van der Waals surface area contributed by atoms with Crippen LogP contribution in [-0.2, 0) is 21.4 Å². The number of anilines is 2. The maximum atomic E-state index is 12.6. The number of halogens is 2. The minimum absolute atomic E-state index is 0.285. The molecule has 0 aliphatic carbocycles. The normalized spacial score (nSPS) is 13.6. The standard InChI is InChI=1S/C40H39Cl2N5O3S/c1-27(2)18-20-45(21-19-28(3)4)33-15-12-31(13-16-33)30-10-8-29(9-11-30)22-39-43-38(36-17-14-32(41)23-37(36)42)25-46(39)34-6-5-7-35(24-34)47-26-40(48)44-51(47,49)50/h5-17,19,23-25H,1,18,20-22,26H2,2-4H3,(H,44,48). The van der Waals surface area contributed by atoms with Gasteiger partial charge in [0.05, 0.1) is 16.4 Å². The van der Waals surface area contributed by atoms with Crippen LogP contribution in [0.25, 0.3) is 28.1 Å². The molecular weight excluding hydrogens is 701 g/mol. The van der Waals surface area contributed by atoms with E-state index in [4.69, 9.17) is 28.2 Å². The van der Waals surface area contributed by atoms with Crippen molar-refractivity contribution >= 4 is 50.7 Å². The summed E-state index contributed by atoms with van der Waals surface area (Å²) in [6.07, 6.45) is 5.55. The summed E-state index contributed by atoms with van der Waals surface area (Å²) in [6, 6.07) is 29.3. The Kier molecular flexibility index (Phi) is 10.7. The fraction of sp³-hybridized carbons (Fsp3) is 0.200. The third-order valence-electron chi connectivity index (χ3n) is 8.61. The number of carbonyl (C=O) groups excluding carboxylic acids is 1. The van der Waals surface area contributed by atoms with Crippen molar-refractivity contribution in [2.75, 3.05) is 28.8 Å². The first-order chi connectivity index (χ1) is 24.4. The van der Waals surface area contributed by atoms with E-state index in [0.717, 1.165) is 46.3 Å². The van der Waals surface area contributed by atoms with Gasteiger partial charge in [-0.1, -0.05) is 82.9 Å². The van der Waals surface area contributed by atoms with Gasteiger partial charge in [-0.15, -0.1) is 6.58 Å². The van der Waals surface area contributed by atoms with E-state index in [1.807, 2.05) is 27.6 Å². The van der Waals surface area contributed by atoms with Gasteiger partial charge in [-0.2, -0.15) is 8.42 Å². The van der Waals surface area contributed by atoms with Crippen LogP contribution in [0, 0.1) is 0 Å². The van der Waals surface area contributed by atoms with E-state index in [1.54, 1.807) is 30.3 Å². The van der Waals surface area contributed by atoms with E-state index in [-0.39, 0.29) is 6.54 Å². The van der Waals surface area contributed by atoms with Gasteiger partial charge in [-0.05, 0) is 92.4 Å². The lowest BCUT2D eigenvalue weighted by atomic mass is 10.0. The summed E-state index contributed by atoms with van der Waals surface area (Å²) in [5, 5.41) is 0.983. The van der Waals surface area contributed by atoms with Crippen LogP contribution in [0.1, 0.15) is 38.6 Å². The molecule has 0 bridgehead atoms. The van der Waals surface area contributed by atoms with Crippen molar-refractivity contribution < 1.29 is 13.2 Å². The molecule has 0 spiro atoms. The molecule has 1 aromatic heterocycles. The van der Waals surface area contributed by atoms with Gasteiger partial charge in [-0.25, -0.2) is 14.0 Å². The summed E-state index contributed by atoms with van der Waals surface area (Å²) in [5.74, 6) is 0.137. The maximum Gasteiger partial charge on any atom is 0.326 e. The number of imidazole rings is 1. The molecule has 1 saturated heterocycles. The first kappa shape index (κ1) is 36.0. The molecule has 1 N–H and O–H groups in total. The summed E-state index contributed by atoms with van der Waals surface area (Å²) in [7, 11) is -3.97. The number of benzene rings is 4. The summed E-state index contributed by atoms with van der Waals surface area (Å²) in [4.78, 5) is 19.3. The van der Waals surface area contributed by atoms with E-state index >= 15 is 0 Å². The van der Waals surface area contributed by atoms with E-state index in [1.165, 1.54) is 16.8 Å². The summed E-state index contributed by atoms with van der Waals surface area (Å²) >= 11 is 12.8.